The van der Waals surface area contributed by atoms with Gasteiger partial charge in [-0.3, -0.25) is 4.79 Å². The van der Waals surface area contributed by atoms with Crippen molar-refractivity contribution in [2.45, 2.75) is 18.4 Å². The van der Waals surface area contributed by atoms with Crippen molar-refractivity contribution in [3.05, 3.63) is 65.7 Å². The van der Waals surface area contributed by atoms with Crippen LogP contribution in [0.25, 0.3) is 0 Å². The number of piperazine rings is 1. The van der Waals surface area contributed by atoms with Crippen molar-refractivity contribution in [1.29, 1.82) is 0 Å². The van der Waals surface area contributed by atoms with Crippen LogP contribution in [0, 0.1) is 6.92 Å². The van der Waals surface area contributed by atoms with Crippen LogP contribution in [0.3, 0.4) is 0 Å². The molecule has 1 heterocycles. The minimum Gasteiger partial charge on any atom is -0.347 e. The van der Waals surface area contributed by atoms with Crippen molar-refractivity contribution in [2.24, 2.45) is 0 Å². The zero-order chi connectivity index (χ0) is 19.3. The molecular weight excluding hydrogens is 362 g/mol. The largest absolute Gasteiger partial charge is 0.347 e. The maximum Gasteiger partial charge on any atom is 0.275 e. The smallest absolute Gasteiger partial charge is 0.275 e. The van der Waals surface area contributed by atoms with Gasteiger partial charge in [-0.1, -0.05) is 42.5 Å². The van der Waals surface area contributed by atoms with Gasteiger partial charge in [0, 0.05) is 6.54 Å². The van der Waals surface area contributed by atoms with Crippen molar-refractivity contribution >= 4 is 15.9 Å². The Labute approximate surface area is 160 Å². The number of hydrogen-bond donors (Lipinski definition) is 2. The van der Waals surface area contributed by atoms with Crippen LogP contribution in [0.5, 0.6) is 0 Å². The molecule has 27 heavy (non-hydrogen) atoms. The Kier molecular flexibility index (Phi) is 6.26. The number of nitrogens with one attached hydrogen (secondary N) is 2. The fourth-order valence-electron chi connectivity index (χ4n) is 3.25. The Morgan fingerprint density at radius 2 is 1.67 bits per heavy atom. The van der Waals surface area contributed by atoms with Crippen LogP contribution in [0.2, 0.25) is 0 Å². The molecule has 0 aliphatic carbocycles. The van der Waals surface area contributed by atoms with Gasteiger partial charge in [0.05, 0.1) is 31.1 Å². The molecule has 3 rings (SSSR count). The summed E-state index contributed by atoms with van der Waals surface area (Å²) >= 11 is 0. The highest BCUT2D eigenvalue weighted by molar-refractivity contribution is 7.89. The lowest BCUT2D eigenvalue weighted by Gasteiger charge is -2.31. The molecule has 2 aromatic carbocycles. The number of carbonyl (C=O) groups excluding carboxylic acids is 1. The van der Waals surface area contributed by atoms with Gasteiger partial charge < -0.3 is 10.2 Å². The van der Waals surface area contributed by atoms with Gasteiger partial charge in [-0.2, -0.15) is 4.31 Å². The summed E-state index contributed by atoms with van der Waals surface area (Å²) in [5.41, 5.74) is 2.27. The lowest BCUT2D eigenvalue weighted by molar-refractivity contribution is -0.895. The van der Waals surface area contributed by atoms with E-state index >= 15 is 0 Å². The lowest BCUT2D eigenvalue weighted by atomic mass is 10.1. The molecule has 2 aromatic rings. The molecule has 0 radical (unpaired) electrons. The van der Waals surface area contributed by atoms with Crippen LogP contribution in [0.15, 0.2) is 59.5 Å². The topological polar surface area (TPSA) is 70.9 Å². The summed E-state index contributed by atoms with van der Waals surface area (Å²) in [6, 6.07) is 16.5. The van der Waals surface area contributed by atoms with E-state index in [1.807, 2.05) is 31.2 Å². The van der Waals surface area contributed by atoms with Crippen LogP contribution in [0.1, 0.15) is 11.1 Å². The third-order valence-electron chi connectivity index (χ3n) is 4.96. The molecule has 6 nitrogen and oxygen atoms in total. The molecule has 0 bridgehead atoms. The molecule has 144 valence electrons. The third kappa shape index (κ3) is 4.94. The molecule has 0 spiro atoms. The predicted octanol–water partition coefficient (Wildman–Crippen LogP) is 0.201. The van der Waals surface area contributed by atoms with Gasteiger partial charge in [0.2, 0.25) is 10.0 Å². The molecule has 1 saturated heterocycles. The average Bonchev–Trinajstić information content (AvgIpc) is 2.68. The number of quaternary nitrogens is 1. The number of aryl methyl sites for hydroxylation is 1. The number of sulfonamides is 1. The summed E-state index contributed by atoms with van der Waals surface area (Å²) in [7, 11) is -3.45. The fourth-order valence-corrected chi connectivity index (χ4v) is 4.72. The van der Waals surface area contributed by atoms with Crippen molar-refractivity contribution in [3.63, 3.8) is 0 Å². The minimum atomic E-state index is -3.45. The van der Waals surface area contributed by atoms with Crippen molar-refractivity contribution in [2.75, 3.05) is 32.7 Å². The Morgan fingerprint density at radius 3 is 2.33 bits per heavy atom. The quantitative estimate of drug-likeness (QED) is 0.743. The first kappa shape index (κ1) is 19.5. The van der Waals surface area contributed by atoms with Gasteiger partial charge >= 0.3 is 0 Å². The molecule has 1 aliphatic heterocycles. The number of carbonyl (C=O) groups is 1. The van der Waals surface area contributed by atoms with E-state index in [-0.39, 0.29) is 5.91 Å². The summed E-state index contributed by atoms with van der Waals surface area (Å²) in [6.45, 7) is 5.03. The molecule has 1 aliphatic rings. The van der Waals surface area contributed by atoms with E-state index in [1.165, 1.54) is 4.31 Å². The lowest BCUT2D eigenvalue weighted by Crippen LogP contribution is -3.15. The second-order valence-electron chi connectivity index (χ2n) is 6.85. The van der Waals surface area contributed by atoms with Crippen LogP contribution in [-0.2, 0) is 21.4 Å². The van der Waals surface area contributed by atoms with Gasteiger partial charge in [0.25, 0.3) is 5.91 Å². The maximum absolute atomic E-state index is 12.6. The summed E-state index contributed by atoms with van der Waals surface area (Å²) in [5.74, 6) is -0.00683. The highest BCUT2D eigenvalue weighted by Gasteiger charge is 2.30. The number of amides is 1. The second-order valence-corrected chi connectivity index (χ2v) is 8.79. The monoisotopic (exact) mass is 388 g/mol. The molecule has 7 heteroatoms. The molecule has 1 amide bonds. The first-order valence-electron chi connectivity index (χ1n) is 9.17. The van der Waals surface area contributed by atoms with E-state index < -0.39 is 10.0 Å². The summed E-state index contributed by atoms with van der Waals surface area (Å²) < 4.78 is 26.8. The summed E-state index contributed by atoms with van der Waals surface area (Å²) in [6.07, 6.45) is 0. The number of nitrogens with zero attached hydrogens (tertiary/aromatic N) is 1. The van der Waals surface area contributed by atoms with Crippen molar-refractivity contribution < 1.29 is 18.1 Å². The standard InChI is InChI=1S/C20H25N3O3S/c1-17-7-5-6-8-18(17)15-21-20(24)16-22-11-13-23(14-12-22)27(25,26)19-9-3-2-4-10-19/h2-10H,11-16H2,1H3,(H,21,24)/p+1. The molecular formula is C20H26N3O3S+. The first-order valence-corrected chi connectivity index (χ1v) is 10.6. The fraction of sp³-hybridized carbons (Fsp3) is 0.350. The van der Waals surface area contributed by atoms with E-state index in [4.69, 9.17) is 0 Å². The van der Waals surface area contributed by atoms with Crippen molar-refractivity contribution in [3.8, 4) is 0 Å². The van der Waals surface area contributed by atoms with E-state index in [9.17, 15) is 13.2 Å². The molecule has 0 saturated carbocycles. The van der Waals surface area contributed by atoms with Gasteiger partial charge in [-0.25, -0.2) is 8.42 Å². The third-order valence-corrected chi connectivity index (χ3v) is 6.87. The van der Waals surface area contributed by atoms with E-state index in [2.05, 4.69) is 5.32 Å². The highest BCUT2D eigenvalue weighted by Crippen LogP contribution is 2.14. The Balaban J connectivity index is 1.48. The Hall–Kier alpha value is -2.22. The average molecular weight is 389 g/mol. The van der Waals surface area contributed by atoms with Crippen LogP contribution < -0.4 is 10.2 Å². The molecule has 0 atom stereocenters. The molecule has 0 unspecified atom stereocenters. The van der Waals surface area contributed by atoms with E-state index in [0.717, 1.165) is 16.0 Å². The first-order chi connectivity index (χ1) is 13.0. The normalized spacial score (nSPS) is 16.2. The SMILES string of the molecule is Cc1ccccc1CNC(=O)C[NH+]1CCN(S(=O)(=O)c2ccccc2)CC1. The highest BCUT2D eigenvalue weighted by atomic mass is 32.2. The predicted molar refractivity (Wildman–Crippen MR) is 104 cm³/mol. The van der Waals surface area contributed by atoms with Gasteiger partial charge in [-0.05, 0) is 30.2 Å². The van der Waals surface area contributed by atoms with E-state index in [0.29, 0.717) is 44.2 Å². The zero-order valence-electron chi connectivity index (χ0n) is 15.5. The van der Waals surface area contributed by atoms with Gasteiger partial charge in [-0.15, -0.1) is 0 Å². The molecule has 1 fully saturated rings. The number of benzene rings is 2. The van der Waals surface area contributed by atoms with Crippen LogP contribution in [-0.4, -0.2) is 51.4 Å². The van der Waals surface area contributed by atoms with Gasteiger partial charge in [0.1, 0.15) is 0 Å². The van der Waals surface area contributed by atoms with Crippen LogP contribution in [0.4, 0.5) is 0 Å². The van der Waals surface area contributed by atoms with Crippen molar-refractivity contribution in [1.82, 2.24) is 9.62 Å². The minimum absolute atomic E-state index is 0.00683. The number of hydrogen-bond acceptors (Lipinski definition) is 3. The molecule has 0 aromatic heterocycles. The second kappa shape index (κ2) is 8.65. The summed E-state index contributed by atoms with van der Waals surface area (Å²) in [4.78, 5) is 13.7. The van der Waals surface area contributed by atoms with Crippen LogP contribution >= 0.6 is 0 Å². The molecule has 2 N–H and O–H groups in total. The summed E-state index contributed by atoms with van der Waals surface area (Å²) in [5, 5.41) is 2.96. The maximum atomic E-state index is 12.6. The van der Waals surface area contributed by atoms with E-state index in [1.54, 1.807) is 30.3 Å². The zero-order valence-corrected chi connectivity index (χ0v) is 16.3. The Morgan fingerprint density at radius 1 is 1.04 bits per heavy atom. The Bertz CT molecular complexity index is 876. The number of rotatable bonds is 6. The van der Waals surface area contributed by atoms with Gasteiger partial charge in [0.15, 0.2) is 6.54 Å².